The van der Waals surface area contributed by atoms with E-state index in [1.165, 1.54) is 14.0 Å². The van der Waals surface area contributed by atoms with E-state index in [1.54, 1.807) is 23.1 Å². The van der Waals surface area contributed by atoms with E-state index in [1.807, 2.05) is 36.4 Å². The first-order chi connectivity index (χ1) is 16.5. The van der Waals surface area contributed by atoms with Crippen molar-refractivity contribution in [2.75, 3.05) is 44.8 Å². The Morgan fingerprint density at radius 3 is 2.38 bits per heavy atom. The Bertz CT molecular complexity index is 1180. The minimum absolute atomic E-state index is 0.0676. The molecule has 0 saturated carbocycles. The first kappa shape index (κ1) is 23.5. The fourth-order valence-electron chi connectivity index (χ4n) is 3.73. The number of rotatable bonds is 7. The molecule has 0 aliphatic carbocycles. The van der Waals surface area contributed by atoms with Crippen LogP contribution in [-0.4, -0.2) is 66.7 Å². The number of aromatic nitrogens is 2. The van der Waals surface area contributed by atoms with Crippen LogP contribution in [0.1, 0.15) is 17.3 Å². The lowest BCUT2D eigenvalue weighted by Gasteiger charge is -2.35. The van der Waals surface area contributed by atoms with Gasteiger partial charge in [-0.2, -0.15) is 0 Å². The van der Waals surface area contributed by atoms with E-state index in [0.29, 0.717) is 54.0 Å². The minimum Gasteiger partial charge on any atom is -0.493 e. The lowest BCUT2D eigenvalue weighted by molar-refractivity contribution is -0.133. The van der Waals surface area contributed by atoms with Crippen molar-refractivity contribution < 1.29 is 19.1 Å². The predicted octanol–water partition coefficient (Wildman–Crippen LogP) is 3.74. The van der Waals surface area contributed by atoms with Gasteiger partial charge in [0.25, 0.3) is 5.91 Å². The summed E-state index contributed by atoms with van der Waals surface area (Å²) < 4.78 is 11.0. The van der Waals surface area contributed by atoms with Crippen LogP contribution in [0.3, 0.4) is 0 Å². The molecule has 1 saturated heterocycles. The van der Waals surface area contributed by atoms with Gasteiger partial charge in [0, 0.05) is 37.3 Å². The van der Waals surface area contributed by atoms with Crippen LogP contribution in [0.15, 0.2) is 54.6 Å². The second-order valence-electron chi connectivity index (χ2n) is 7.83. The Morgan fingerprint density at radius 2 is 1.74 bits per heavy atom. The zero-order chi connectivity index (χ0) is 24.1. The van der Waals surface area contributed by atoms with Gasteiger partial charge in [0.2, 0.25) is 0 Å². The average molecular weight is 481 g/mol. The van der Waals surface area contributed by atoms with Gasteiger partial charge in [0.15, 0.2) is 29.7 Å². The summed E-state index contributed by atoms with van der Waals surface area (Å²) in [6.07, 6.45) is 0. The highest BCUT2D eigenvalue weighted by molar-refractivity contribution is 6.33. The number of methoxy groups -OCH3 is 1. The van der Waals surface area contributed by atoms with E-state index in [4.69, 9.17) is 21.1 Å². The topological polar surface area (TPSA) is 84.9 Å². The van der Waals surface area contributed by atoms with Crippen molar-refractivity contribution in [3.05, 3.63) is 65.2 Å². The molecule has 0 N–H and O–H groups in total. The highest BCUT2D eigenvalue weighted by Gasteiger charge is 2.23. The van der Waals surface area contributed by atoms with Gasteiger partial charge in [-0.25, -0.2) is 0 Å². The number of hydrogen-bond acceptors (Lipinski definition) is 7. The molecule has 1 aliphatic heterocycles. The lowest BCUT2D eigenvalue weighted by Crippen LogP contribution is -2.50. The summed E-state index contributed by atoms with van der Waals surface area (Å²) in [6, 6.07) is 16.2. The van der Waals surface area contributed by atoms with Gasteiger partial charge in [0.1, 0.15) is 0 Å². The summed E-state index contributed by atoms with van der Waals surface area (Å²) in [5, 5.41) is 9.31. The van der Waals surface area contributed by atoms with Crippen molar-refractivity contribution in [1.82, 2.24) is 15.1 Å². The summed E-state index contributed by atoms with van der Waals surface area (Å²) in [7, 11) is 1.50. The molecule has 0 atom stereocenters. The van der Waals surface area contributed by atoms with Crippen LogP contribution in [0.5, 0.6) is 11.5 Å². The summed E-state index contributed by atoms with van der Waals surface area (Å²) in [5.74, 6) is 1.42. The number of carbonyl (C=O) groups excluding carboxylic acids is 2. The number of hydrogen-bond donors (Lipinski definition) is 0. The Labute approximate surface area is 203 Å². The molecule has 0 bridgehead atoms. The van der Waals surface area contributed by atoms with Crippen LogP contribution in [0.2, 0.25) is 5.02 Å². The van der Waals surface area contributed by atoms with Crippen LogP contribution >= 0.6 is 11.6 Å². The zero-order valence-electron chi connectivity index (χ0n) is 19.0. The Morgan fingerprint density at radius 1 is 0.971 bits per heavy atom. The first-order valence-corrected chi connectivity index (χ1v) is 11.3. The van der Waals surface area contributed by atoms with Crippen LogP contribution in [-0.2, 0) is 4.79 Å². The molecule has 0 unspecified atom stereocenters. The quantitative estimate of drug-likeness (QED) is 0.476. The average Bonchev–Trinajstić information content (AvgIpc) is 2.87. The van der Waals surface area contributed by atoms with Crippen molar-refractivity contribution in [3.63, 3.8) is 0 Å². The van der Waals surface area contributed by atoms with Crippen molar-refractivity contribution in [3.8, 4) is 22.8 Å². The van der Waals surface area contributed by atoms with E-state index in [-0.39, 0.29) is 18.3 Å². The SMILES string of the molecule is COc1cc(C(C)=O)ccc1OCC(=O)N1CCN(c2ccc(-c3ccccc3Cl)nn2)CC1. The lowest BCUT2D eigenvalue weighted by atomic mass is 10.1. The number of ketones is 1. The largest absolute Gasteiger partial charge is 0.493 e. The van der Waals surface area contributed by atoms with Gasteiger partial charge in [0.05, 0.1) is 17.8 Å². The highest BCUT2D eigenvalue weighted by atomic mass is 35.5. The molecule has 176 valence electrons. The number of carbonyl (C=O) groups is 2. The number of amides is 1. The van der Waals surface area contributed by atoms with Crippen LogP contribution < -0.4 is 14.4 Å². The number of benzene rings is 2. The zero-order valence-corrected chi connectivity index (χ0v) is 19.8. The molecule has 4 rings (SSSR count). The fourth-order valence-corrected chi connectivity index (χ4v) is 3.96. The molecule has 1 fully saturated rings. The van der Waals surface area contributed by atoms with E-state index < -0.39 is 0 Å². The fraction of sp³-hybridized carbons (Fsp3) is 0.280. The first-order valence-electron chi connectivity index (χ1n) is 10.9. The molecule has 0 radical (unpaired) electrons. The summed E-state index contributed by atoms with van der Waals surface area (Å²) in [6.45, 7) is 3.76. The summed E-state index contributed by atoms with van der Waals surface area (Å²) >= 11 is 6.25. The van der Waals surface area contributed by atoms with Gasteiger partial charge >= 0.3 is 0 Å². The Hall–Kier alpha value is -3.65. The minimum atomic E-state index is -0.113. The standard InChI is InChI=1S/C25H25ClN4O4/c1-17(31)18-7-9-22(23(15-18)33-2)34-16-25(32)30-13-11-29(12-14-30)24-10-8-21(27-28-24)19-5-3-4-6-20(19)26/h3-10,15H,11-14,16H2,1-2H3. The van der Waals surface area contributed by atoms with E-state index in [2.05, 4.69) is 15.1 Å². The molecular weight excluding hydrogens is 456 g/mol. The van der Waals surface area contributed by atoms with Crippen molar-refractivity contribution in [2.24, 2.45) is 0 Å². The molecule has 2 heterocycles. The third-order valence-corrected chi connectivity index (χ3v) is 6.01. The molecule has 3 aromatic rings. The normalized spacial score (nSPS) is 13.5. The number of anilines is 1. The number of ether oxygens (including phenoxy) is 2. The van der Waals surface area contributed by atoms with E-state index in [0.717, 1.165) is 11.4 Å². The van der Waals surface area contributed by atoms with Crippen LogP contribution in [0.4, 0.5) is 5.82 Å². The monoisotopic (exact) mass is 480 g/mol. The van der Waals surface area contributed by atoms with Gasteiger partial charge in [-0.1, -0.05) is 29.8 Å². The van der Waals surface area contributed by atoms with Crippen molar-refractivity contribution in [2.45, 2.75) is 6.92 Å². The van der Waals surface area contributed by atoms with Gasteiger partial charge < -0.3 is 19.3 Å². The summed E-state index contributed by atoms with van der Waals surface area (Å²) in [5.41, 5.74) is 2.08. The Balaban J connectivity index is 1.31. The number of halogens is 1. The molecule has 2 aromatic carbocycles. The van der Waals surface area contributed by atoms with Gasteiger partial charge in [-0.15, -0.1) is 10.2 Å². The number of Topliss-reactive ketones (excluding diaryl/α,β-unsaturated/α-hetero) is 1. The second-order valence-corrected chi connectivity index (χ2v) is 8.24. The third kappa shape index (κ3) is 5.28. The van der Waals surface area contributed by atoms with Crippen molar-refractivity contribution >= 4 is 29.1 Å². The maximum atomic E-state index is 12.7. The molecule has 1 aliphatic rings. The Kier molecular flexibility index (Phi) is 7.27. The third-order valence-electron chi connectivity index (χ3n) is 5.68. The molecule has 1 amide bonds. The number of piperazine rings is 1. The smallest absolute Gasteiger partial charge is 0.260 e. The molecule has 1 aromatic heterocycles. The van der Waals surface area contributed by atoms with Crippen LogP contribution in [0, 0.1) is 0 Å². The maximum absolute atomic E-state index is 12.7. The highest BCUT2D eigenvalue weighted by Crippen LogP contribution is 2.29. The second kappa shape index (κ2) is 10.5. The molecule has 0 spiro atoms. The predicted molar refractivity (Wildman–Crippen MR) is 130 cm³/mol. The molecule has 8 nitrogen and oxygen atoms in total. The van der Waals surface area contributed by atoms with Crippen molar-refractivity contribution in [1.29, 1.82) is 0 Å². The summed E-state index contributed by atoms with van der Waals surface area (Å²) in [4.78, 5) is 28.1. The molecule has 9 heteroatoms. The van der Waals surface area contributed by atoms with E-state index in [9.17, 15) is 9.59 Å². The number of nitrogens with zero attached hydrogens (tertiary/aromatic N) is 4. The molecule has 34 heavy (non-hydrogen) atoms. The van der Waals surface area contributed by atoms with Gasteiger partial charge in [-0.05, 0) is 43.3 Å². The van der Waals surface area contributed by atoms with Gasteiger partial charge in [-0.3, -0.25) is 9.59 Å². The van der Waals surface area contributed by atoms with Crippen LogP contribution in [0.25, 0.3) is 11.3 Å². The van der Waals surface area contributed by atoms with E-state index >= 15 is 0 Å². The molecular formula is C25H25ClN4O4. The maximum Gasteiger partial charge on any atom is 0.260 e.